The molecular formula is C40H52. The number of hydrogen-bond acceptors (Lipinski definition) is 0. The van der Waals surface area contributed by atoms with Crippen molar-refractivity contribution in [3.63, 3.8) is 0 Å². The van der Waals surface area contributed by atoms with Gasteiger partial charge in [-0.05, 0) is 97.3 Å². The predicted octanol–water partition coefficient (Wildman–Crippen LogP) is 11.0. The highest BCUT2D eigenvalue weighted by molar-refractivity contribution is 5.19. The largest absolute Gasteiger partial charge is 0.0628 e. The minimum absolute atomic E-state index is 0.741. The molecule has 4 aromatic rings. The van der Waals surface area contributed by atoms with Crippen molar-refractivity contribution in [2.45, 2.75) is 79.1 Å². The third-order valence-electron chi connectivity index (χ3n) is 7.71. The zero-order valence-corrected chi connectivity index (χ0v) is 25.5. The van der Waals surface area contributed by atoms with E-state index in [4.69, 9.17) is 0 Å². The Hall–Kier alpha value is -3.12. The maximum absolute atomic E-state index is 2.35. The molecule has 40 heavy (non-hydrogen) atoms. The lowest BCUT2D eigenvalue weighted by Crippen LogP contribution is -2.11. The van der Waals surface area contributed by atoms with Crippen LogP contribution in [0.4, 0.5) is 0 Å². The van der Waals surface area contributed by atoms with Crippen LogP contribution in [0.3, 0.4) is 0 Å². The van der Waals surface area contributed by atoms with Gasteiger partial charge >= 0.3 is 0 Å². The van der Waals surface area contributed by atoms with Crippen LogP contribution in [0.2, 0.25) is 0 Å². The quantitative estimate of drug-likeness (QED) is 0.151. The lowest BCUT2D eigenvalue weighted by Gasteiger charge is -2.19. The fourth-order valence-electron chi connectivity index (χ4n) is 5.88. The van der Waals surface area contributed by atoms with Gasteiger partial charge in [-0.25, -0.2) is 0 Å². The van der Waals surface area contributed by atoms with Gasteiger partial charge in [0.1, 0.15) is 0 Å². The Kier molecular flexibility index (Phi) is 14.3. The first-order valence-electron chi connectivity index (χ1n) is 15.6. The average molecular weight is 533 g/mol. The smallest absolute Gasteiger partial charge is 0.0247 e. The van der Waals surface area contributed by atoms with Crippen LogP contribution in [0, 0.1) is 23.7 Å². The van der Waals surface area contributed by atoms with Crippen LogP contribution in [0.15, 0.2) is 121 Å². The number of aryl methyl sites for hydroxylation is 2. The minimum Gasteiger partial charge on any atom is -0.0628 e. The molecule has 0 fully saturated rings. The van der Waals surface area contributed by atoms with Crippen LogP contribution >= 0.6 is 0 Å². The molecule has 4 aromatic carbocycles. The summed E-state index contributed by atoms with van der Waals surface area (Å²) in [5.74, 6) is 3.13. The molecule has 0 aliphatic rings. The molecule has 0 radical (unpaired) electrons. The summed E-state index contributed by atoms with van der Waals surface area (Å²) >= 11 is 0. The maximum Gasteiger partial charge on any atom is -0.0247 e. The molecule has 212 valence electrons. The van der Waals surface area contributed by atoms with Crippen LogP contribution in [0.25, 0.3) is 0 Å². The van der Waals surface area contributed by atoms with E-state index >= 15 is 0 Å². The van der Waals surface area contributed by atoms with E-state index in [1.54, 1.807) is 0 Å². The van der Waals surface area contributed by atoms with Crippen molar-refractivity contribution in [3.05, 3.63) is 144 Å². The summed E-state index contributed by atoms with van der Waals surface area (Å²) in [7, 11) is 0. The van der Waals surface area contributed by atoms with E-state index in [1.165, 1.54) is 73.6 Å². The number of hydrogen-bond donors (Lipinski definition) is 0. The summed E-state index contributed by atoms with van der Waals surface area (Å²) in [6, 6.07) is 43.6. The van der Waals surface area contributed by atoms with Crippen molar-refractivity contribution in [2.24, 2.45) is 23.7 Å². The molecule has 0 nitrogen and oxygen atoms in total. The first kappa shape index (κ1) is 31.4. The highest BCUT2D eigenvalue weighted by Gasteiger charge is 2.13. The Morgan fingerprint density at radius 2 is 0.675 bits per heavy atom. The lowest BCUT2D eigenvalue weighted by molar-refractivity contribution is 0.364. The summed E-state index contributed by atoms with van der Waals surface area (Å²) in [5.41, 5.74) is 5.88. The SMILES string of the molecule is CC(C)CC(CCc1ccccc1)CCc1ccccc1.CC(C)CC(Cc1ccccc1)Cc1ccccc1. The average Bonchev–Trinajstić information content (AvgIpc) is 2.96. The third-order valence-corrected chi connectivity index (χ3v) is 7.71. The second kappa shape index (κ2) is 18.3. The highest BCUT2D eigenvalue weighted by Crippen LogP contribution is 2.24. The van der Waals surface area contributed by atoms with Crippen molar-refractivity contribution >= 4 is 0 Å². The summed E-state index contributed by atoms with van der Waals surface area (Å²) in [6.07, 6.45) is 10.1. The zero-order valence-electron chi connectivity index (χ0n) is 25.5. The predicted molar refractivity (Wildman–Crippen MR) is 176 cm³/mol. The Bertz CT molecular complexity index is 1040. The number of benzene rings is 4. The Balaban J connectivity index is 0.000000222. The van der Waals surface area contributed by atoms with E-state index in [2.05, 4.69) is 149 Å². The minimum atomic E-state index is 0.741. The third kappa shape index (κ3) is 13.3. The van der Waals surface area contributed by atoms with Gasteiger partial charge in [0, 0.05) is 0 Å². The van der Waals surface area contributed by atoms with E-state index < -0.39 is 0 Å². The van der Waals surface area contributed by atoms with Crippen molar-refractivity contribution in [1.29, 1.82) is 0 Å². The fourth-order valence-corrected chi connectivity index (χ4v) is 5.88. The van der Waals surface area contributed by atoms with Crippen LogP contribution in [0.5, 0.6) is 0 Å². The molecule has 0 spiro atoms. The van der Waals surface area contributed by atoms with Crippen molar-refractivity contribution < 1.29 is 0 Å². The van der Waals surface area contributed by atoms with Gasteiger partial charge in [0.15, 0.2) is 0 Å². The standard InChI is InChI=1S/C21H28.C19H24/c1-18(2)17-21(15-13-19-9-5-3-6-10-19)16-14-20-11-7-4-8-12-20;1-16(2)13-19(14-17-9-5-3-6-10-17)15-18-11-7-4-8-12-18/h3-12,18,21H,13-17H2,1-2H3;3-12,16,19H,13-15H2,1-2H3. The molecule has 0 saturated heterocycles. The maximum atomic E-state index is 2.35. The fraction of sp³-hybridized carbons (Fsp3) is 0.400. The summed E-state index contributed by atoms with van der Waals surface area (Å²) < 4.78 is 0. The Morgan fingerprint density at radius 3 is 1.00 bits per heavy atom. The second-order valence-corrected chi connectivity index (χ2v) is 12.4. The van der Waals surface area contributed by atoms with Crippen molar-refractivity contribution in [3.8, 4) is 0 Å². The van der Waals surface area contributed by atoms with E-state index in [0.29, 0.717) is 0 Å². The van der Waals surface area contributed by atoms with Crippen molar-refractivity contribution in [2.75, 3.05) is 0 Å². The molecule has 0 N–H and O–H groups in total. The molecule has 0 heteroatoms. The molecule has 4 rings (SSSR count). The van der Waals surface area contributed by atoms with Gasteiger partial charge in [0.25, 0.3) is 0 Å². The Labute approximate surface area is 245 Å². The number of rotatable bonds is 14. The van der Waals surface area contributed by atoms with Gasteiger partial charge in [0.05, 0.1) is 0 Å². The van der Waals surface area contributed by atoms with Crippen molar-refractivity contribution in [1.82, 2.24) is 0 Å². The molecular weight excluding hydrogens is 480 g/mol. The van der Waals surface area contributed by atoms with Gasteiger partial charge in [-0.2, -0.15) is 0 Å². The molecule has 0 heterocycles. The summed E-state index contributed by atoms with van der Waals surface area (Å²) in [4.78, 5) is 0. The van der Waals surface area contributed by atoms with E-state index in [0.717, 1.165) is 23.7 Å². The van der Waals surface area contributed by atoms with Crippen LogP contribution in [-0.2, 0) is 25.7 Å². The van der Waals surface area contributed by atoms with Crippen LogP contribution in [-0.4, -0.2) is 0 Å². The second-order valence-electron chi connectivity index (χ2n) is 12.4. The monoisotopic (exact) mass is 532 g/mol. The van der Waals surface area contributed by atoms with Gasteiger partial charge in [0.2, 0.25) is 0 Å². The van der Waals surface area contributed by atoms with E-state index in [9.17, 15) is 0 Å². The molecule has 0 atom stereocenters. The molecule has 0 bridgehead atoms. The lowest BCUT2D eigenvalue weighted by atomic mass is 9.86. The first-order chi connectivity index (χ1) is 19.5. The molecule has 0 aliphatic carbocycles. The first-order valence-corrected chi connectivity index (χ1v) is 15.6. The zero-order chi connectivity index (χ0) is 28.4. The van der Waals surface area contributed by atoms with Crippen LogP contribution in [0.1, 0.15) is 75.6 Å². The molecule has 0 amide bonds. The van der Waals surface area contributed by atoms with Gasteiger partial charge in [-0.1, -0.05) is 149 Å². The van der Waals surface area contributed by atoms with E-state index in [-0.39, 0.29) is 0 Å². The van der Waals surface area contributed by atoms with Gasteiger partial charge in [-0.3, -0.25) is 0 Å². The normalized spacial score (nSPS) is 11.2. The van der Waals surface area contributed by atoms with Gasteiger partial charge in [-0.15, -0.1) is 0 Å². The van der Waals surface area contributed by atoms with Gasteiger partial charge < -0.3 is 0 Å². The van der Waals surface area contributed by atoms with E-state index in [1.807, 2.05) is 0 Å². The molecule has 0 saturated carbocycles. The molecule has 0 aromatic heterocycles. The Morgan fingerprint density at radius 1 is 0.375 bits per heavy atom. The highest BCUT2D eigenvalue weighted by atomic mass is 14.2. The summed E-state index contributed by atoms with van der Waals surface area (Å²) in [6.45, 7) is 9.34. The van der Waals surface area contributed by atoms with Crippen LogP contribution < -0.4 is 0 Å². The molecule has 0 aliphatic heterocycles. The topological polar surface area (TPSA) is 0 Å². The molecule has 0 unspecified atom stereocenters. The summed E-state index contributed by atoms with van der Waals surface area (Å²) in [5, 5.41) is 0.